The summed E-state index contributed by atoms with van der Waals surface area (Å²) in [6.45, 7) is 6.16. The number of nitrogens with one attached hydrogen (secondary N) is 1. The Labute approximate surface area is 133 Å². The van der Waals surface area contributed by atoms with Gasteiger partial charge in [-0.25, -0.2) is 0 Å². The Morgan fingerprint density at radius 2 is 2.09 bits per heavy atom. The average Bonchev–Trinajstić information content (AvgIpc) is 3.10. The maximum absolute atomic E-state index is 12.5. The second-order valence-electron chi connectivity index (χ2n) is 7.05. The molecule has 3 heteroatoms. The molecule has 1 aromatic carbocycles. The molecule has 3 rings (SSSR count). The Morgan fingerprint density at radius 1 is 1.27 bits per heavy atom. The molecule has 0 aromatic heterocycles. The molecule has 2 bridgehead atoms. The first kappa shape index (κ1) is 15.4. The Morgan fingerprint density at radius 3 is 2.68 bits per heavy atom. The maximum Gasteiger partial charge on any atom is 0.261 e. The highest BCUT2D eigenvalue weighted by Gasteiger charge is 2.40. The fourth-order valence-electron chi connectivity index (χ4n) is 3.97. The monoisotopic (exact) mass is 301 g/mol. The Balaban J connectivity index is 1.60. The number of benzene rings is 1. The van der Waals surface area contributed by atoms with Crippen molar-refractivity contribution in [2.24, 2.45) is 11.8 Å². The molecule has 3 nitrogen and oxygen atoms in total. The van der Waals surface area contributed by atoms with Gasteiger partial charge in [-0.3, -0.25) is 4.79 Å². The molecule has 1 N–H and O–H groups in total. The van der Waals surface area contributed by atoms with Gasteiger partial charge in [0.25, 0.3) is 5.91 Å². The van der Waals surface area contributed by atoms with Gasteiger partial charge in [0.15, 0.2) is 6.10 Å². The number of ether oxygens (including phenoxy) is 1. The van der Waals surface area contributed by atoms with E-state index in [1.807, 2.05) is 25.1 Å². The van der Waals surface area contributed by atoms with Crippen LogP contribution in [-0.4, -0.2) is 18.1 Å². The minimum absolute atomic E-state index is 0.0540. The standard InChI is InChI=1S/C19H27NO2/c1-4-18(22-16-8-5-12(2)13(3)9-16)19(21)20-17-11-14-6-7-15(17)10-14/h5,8-9,14-15,17-18H,4,6-7,10-11H2,1-3H3,(H,20,21)/t14-,15-,17-,18+/m1/s1. The van der Waals surface area contributed by atoms with Crippen LogP contribution in [0.4, 0.5) is 0 Å². The molecular formula is C19H27NO2. The number of amides is 1. The highest BCUT2D eigenvalue weighted by molar-refractivity contribution is 5.81. The van der Waals surface area contributed by atoms with Crippen LogP contribution in [0.3, 0.4) is 0 Å². The first-order valence-corrected chi connectivity index (χ1v) is 8.61. The molecule has 2 aliphatic carbocycles. The number of rotatable bonds is 5. The molecule has 120 valence electrons. The molecule has 1 amide bonds. The van der Waals surface area contributed by atoms with Crippen molar-refractivity contribution in [3.05, 3.63) is 29.3 Å². The van der Waals surface area contributed by atoms with E-state index >= 15 is 0 Å². The molecule has 2 saturated carbocycles. The molecule has 0 heterocycles. The van der Waals surface area contributed by atoms with Crippen molar-refractivity contribution in [1.82, 2.24) is 5.32 Å². The quantitative estimate of drug-likeness (QED) is 0.899. The van der Waals surface area contributed by atoms with Crippen molar-refractivity contribution in [2.45, 2.75) is 65.0 Å². The Hall–Kier alpha value is -1.51. The first-order chi connectivity index (χ1) is 10.6. The van der Waals surface area contributed by atoms with Gasteiger partial charge < -0.3 is 10.1 Å². The summed E-state index contributed by atoms with van der Waals surface area (Å²) in [7, 11) is 0. The first-order valence-electron chi connectivity index (χ1n) is 8.61. The van der Waals surface area contributed by atoms with E-state index in [9.17, 15) is 4.79 Å². The summed E-state index contributed by atoms with van der Waals surface area (Å²) in [5.74, 6) is 2.39. The number of aryl methyl sites for hydroxylation is 2. The third-order valence-corrected chi connectivity index (χ3v) is 5.49. The van der Waals surface area contributed by atoms with Crippen LogP contribution in [-0.2, 0) is 4.79 Å². The molecule has 0 saturated heterocycles. The zero-order valence-electron chi connectivity index (χ0n) is 13.9. The summed E-state index contributed by atoms with van der Waals surface area (Å²) in [5, 5.41) is 3.24. The SMILES string of the molecule is CC[C@H](Oc1ccc(C)c(C)c1)C(=O)N[C@@H]1C[C@@H]2CC[C@@H]1C2. The highest BCUT2D eigenvalue weighted by atomic mass is 16.5. The summed E-state index contributed by atoms with van der Waals surface area (Å²) >= 11 is 0. The van der Waals surface area contributed by atoms with E-state index in [0.717, 1.165) is 18.1 Å². The lowest BCUT2D eigenvalue weighted by atomic mass is 9.95. The van der Waals surface area contributed by atoms with Crippen LogP contribution in [0, 0.1) is 25.7 Å². The van der Waals surface area contributed by atoms with Crippen molar-refractivity contribution in [3.8, 4) is 5.75 Å². The number of fused-ring (bicyclic) bond motifs is 2. The lowest BCUT2D eigenvalue weighted by Crippen LogP contribution is -2.45. The Bertz CT molecular complexity index is 554. The minimum Gasteiger partial charge on any atom is -0.481 e. The van der Waals surface area contributed by atoms with E-state index in [1.54, 1.807) is 0 Å². The summed E-state index contributed by atoms with van der Waals surface area (Å²) in [6, 6.07) is 6.40. The lowest BCUT2D eigenvalue weighted by Gasteiger charge is -2.25. The normalized spacial score (nSPS) is 27.7. The van der Waals surface area contributed by atoms with Crippen LogP contribution >= 0.6 is 0 Å². The molecule has 1 aromatic rings. The van der Waals surface area contributed by atoms with Crippen molar-refractivity contribution in [1.29, 1.82) is 0 Å². The number of carbonyl (C=O) groups excluding carboxylic acids is 1. The largest absolute Gasteiger partial charge is 0.481 e. The fourth-order valence-corrected chi connectivity index (χ4v) is 3.97. The summed E-state index contributed by atoms with van der Waals surface area (Å²) in [6.07, 6.45) is 5.41. The van der Waals surface area contributed by atoms with Gasteiger partial charge in [0.1, 0.15) is 5.75 Å². The zero-order chi connectivity index (χ0) is 15.7. The van der Waals surface area contributed by atoms with Crippen molar-refractivity contribution in [2.75, 3.05) is 0 Å². The number of carbonyl (C=O) groups is 1. The molecular weight excluding hydrogens is 274 g/mol. The smallest absolute Gasteiger partial charge is 0.261 e. The second kappa shape index (κ2) is 6.31. The molecule has 0 spiro atoms. The molecule has 22 heavy (non-hydrogen) atoms. The number of hydrogen-bond donors (Lipinski definition) is 1. The van der Waals surface area contributed by atoms with Crippen LogP contribution in [0.25, 0.3) is 0 Å². The van der Waals surface area contributed by atoms with Crippen LogP contribution < -0.4 is 10.1 Å². The molecule has 2 aliphatic rings. The van der Waals surface area contributed by atoms with Crippen molar-refractivity contribution >= 4 is 5.91 Å². The van der Waals surface area contributed by atoms with E-state index in [2.05, 4.69) is 19.2 Å². The second-order valence-corrected chi connectivity index (χ2v) is 7.05. The topological polar surface area (TPSA) is 38.3 Å². The predicted molar refractivity (Wildman–Crippen MR) is 88.0 cm³/mol. The Kier molecular flexibility index (Phi) is 4.42. The average molecular weight is 301 g/mol. The van der Waals surface area contributed by atoms with Crippen molar-refractivity contribution in [3.63, 3.8) is 0 Å². The summed E-state index contributed by atoms with van der Waals surface area (Å²) in [4.78, 5) is 12.5. The van der Waals surface area contributed by atoms with Gasteiger partial charge in [0.05, 0.1) is 0 Å². The van der Waals surface area contributed by atoms with Gasteiger partial charge in [-0.2, -0.15) is 0 Å². The van der Waals surface area contributed by atoms with Gasteiger partial charge >= 0.3 is 0 Å². The highest BCUT2D eigenvalue weighted by Crippen LogP contribution is 2.44. The van der Waals surface area contributed by atoms with E-state index in [1.165, 1.54) is 30.4 Å². The van der Waals surface area contributed by atoms with Gasteiger partial charge in [-0.15, -0.1) is 0 Å². The predicted octanol–water partition coefficient (Wildman–Crippen LogP) is 3.77. The van der Waals surface area contributed by atoms with Crippen LogP contribution in [0.2, 0.25) is 0 Å². The lowest BCUT2D eigenvalue weighted by molar-refractivity contribution is -0.129. The van der Waals surface area contributed by atoms with Gasteiger partial charge in [-0.05, 0) is 74.6 Å². The van der Waals surface area contributed by atoms with Crippen molar-refractivity contribution < 1.29 is 9.53 Å². The van der Waals surface area contributed by atoms with Gasteiger partial charge in [0.2, 0.25) is 0 Å². The minimum atomic E-state index is -0.388. The maximum atomic E-state index is 12.5. The third kappa shape index (κ3) is 3.13. The molecule has 0 radical (unpaired) electrons. The van der Waals surface area contributed by atoms with Crippen LogP contribution in [0.15, 0.2) is 18.2 Å². The van der Waals surface area contributed by atoms with E-state index in [4.69, 9.17) is 4.74 Å². The van der Waals surface area contributed by atoms with E-state index in [0.29, 0.717) is 18.4 Å². The summed E-state index contributed by atoms with van der Waals surface area (Å²) in [5.41, 5.74) is 2.44. The molecule has 2 fully saturated rings. The molecule has 0 aliphatic heterocycles. The van der Waals surface area contributed by atoms with Crippen LogP contribution in [0.1, 0.15) is 50.2 Å². The van der Waals surface area contributed by atoms with Gasteiger partial charge in [0, 0.05) is 6.04 Å². The van der Waals surface area contributed by atoms with Gasteiger partial charge in [-0.1, -0.05) is 19.4 Å². The molecule has 0 unspecified atom stereocenters. The van der Waals surface area contributed by atoms with Crippen LogP contribution in [0.5, 0.6) is 5.75 Å². The third-order valence-electron chi connectivity index (χ3n) is 5.49. The molecule has 4 atom stereocenters. The van der Waals surface area contributed by atoms with E-state index in [-0.39, 0.29) is 12.0 Å². The number of hydrogen-bond acceptors (Lipinski definition) is 2. The van der Waals surface area contributed by atoms with E-state index < -0.39 is 0 Å². The zero-order valence-corrected chi connectivity index (χ0v) is 13.9. The fraction of sp³-hybridized carbons (Fsp3) is 0.632. The summed E-state index contributed by atoms with van der Waals surface area (Å²) < 4.78 is 5.94.